The van der Waals surface area contributed by atoms with E-state index in [9.17, 15) is 0 Å². The molecule has 0 amide bonds. The van der Waals surface area contributed by atoms with Crippen molar-refractivity contribution in [2.45, 2.75) is 155 Å². The van der Waals surface area contributed by atoms with Crippen molar-refractivity contribution in [1.82, 2.24) is 0 Å². The number of aliphatic hydroxyl groups is 1. The Kier molecular flexibility index (Phi) is 97.9. The molecule has 0 aliphatic heterocycles. The van der Waals surface area contributed by atoms with E-state index in [2.05, 4.69) is 6.92 Å². The van der Waals surface area contributed by atoms with Crippen LogP contribution < -0.4 is 0 Å². The third-order valence-electron chi connectivity index (χ3n) is 15.1. The molecule has 0 fully saturated rings. The molecule has 26 nitrogen and oxygen atoms in total. The van der Waals surface area contributed by atoms with Gasteiger partial charge in [-0.2, -0.15) is 0 Å². The second-order valence-corrected chi connectivity index (χ2v) is 23.8. The van der Waals surface area contributed by atoms with E-state index in [4.69, 9.17) is 124 Å². The summed E-state index contributed by atoms with van der Waals surface area (Å²) in [5.41, 5.74) is 0. The molecule has 0 saturated heterocycles. The Morgan fingerprint density at radius 2 is 0.198 bits per heavy atom. The molecule has 0 aliphatic carbocycles. The van der Waals surface area contributed by atoms with Gasteiger partial charge in [-0.05, 0) is 6.42 Å². The molecule has 0 heterocycles. The van der Waals surface area contributed by atoms with Gasteiger partial charge in [-0.3, -0.25) is 0 Å². The molecule has 0 rings (SSSR count). The fraction of sp³-hybridized carbons (Fsp3) is 1.00. The van der Waals surface area contributed by atoms with Crippen molar-refractivity contribution >= 4 is 0 Å². The number of hydrogen-bond acceptors (Lipinski definition) is 26. The molecule has 0 atom stereocenters. The molecule has 0 saturated carbocycles. The molecule has 0 aliphatic rings. The minimum atomic E-state index is 0.0181. The van der Waals surface area contributed by atoms with Crippen LogP contribution in [0.2, 0.25) is 0 Å². The Labute approximate surface area is 612 Å². The molecular weight excluding hydrogens is 1320 g/mol. The fourth-order valence-corrected chi connectivity index (χ4v) is 9.43. The van der Waals surface area contributed by atoms with Crippen LogP contribution in [0.15, 0.2) is 0 Å². The smallest absolute Gasteiger partial charge is 0.0701 e. The van der Waals surface area contributed by atoms with Gasteiger partial charge in [0, 0.05) is 6.61 Å². The molecule has 0 aromatic heterocycles. The number of rotatable bonds is 98. The quantitative estimate of drug-likeness (QED) is 0.0557. The topological polar surface area (TPSA) is 251 Å². The van der Waals surface area contributed by atoms with Crippen LogP contribution in [0.5, 0.6) is 0 Å². The fourth-order valence-electron chi connectivity index (χ4n) is 9.43. The van der Waals surface area contributed by atoms with Crippen molar-refractivity contribution in [3.8, 4) is 0 Å². The second kappa shape index (κ2) is 99.0. The summed E-state index contributed by atoms with van der Waals surface area (Å²) in [6, 6.07) is 0. The van der Waals surface area contributed by atoms with E-state index in [0.717, 1.165) is 13.0 Å². The summed E-state index contributed by atoms with van der Waals surface area (Å²) in [5, 5.41) is 8.62. The van der Waals surface area contributed by atoms with Gasteiger partial charge >= 0.3 is 0 Å². The average Bonchev–Trinajstić information content (AvgIpc) is 3.68. The van der Waals surface area contributed by atoms with E-state index >= 15 is 0 Å². The van der Waals surface area contributed by atoms with Gasteiger partial charge in [-0.1, -0.05) is 148 Å². The van der Waals surface area contributed by atoms with Crippen LogP contribution >= 0.6 is 0 Å². The van der Waals surface area contributed by atoms with Gasteiger partial charge in [-0.15, -0.1) is 0 Å². The Balaban J connectivity index is 3.09. The molecule has 0 bridgehead atoms. The number of ether oxygens (including phenoxy) is 25. The summed E-state index contributed by atoms with van der Waals surface area (Å²) < 4.78 is 138. The molecule has 0 unspecified atom stereocenters. The molecule has 0 aromatic carbocycles. The highest BCUT2D eigenvalue weighted by Gasteiger charge is 2.03. The highest BCUT2D eigenvalue weighted by Crippen LogP contribution is 2.16. The summed E-state index contributed by atoms with van der Waals surface area (Å²) in [6.07, 6.45) is 32.4. The summed E-state index contributed by atoms with van der Waals surface area (Å²) in [7, 11) is 0. The van der Waals surface area contributed by atoms with Crippen LogP contribution in [0.4, 0.5) is 0 Å². The highest BCUT2D eigenvalue weighted by molar-refractivity contribution is 4.53. The first kappa shape index (κ1) is 100.0. The van der Waals surface area contributed by atoms with Gasteiger partial charge in [0.1, 0.15) is 0 Å². The molecule has 0 aromatic rings. The van der Waals surface area contributed by atoms with Crippen LogP contribution in [-0.4, -0.2) is 342 Å². The number of hydrogen-bond donors (Lipinski definition) is 1. The number of aliphatic hydroxyl groups excluding tert-OH is 1. The van der Waals surface area contributed by atoms with Crippen LogP contribution in [-0.2, 0) is 118 Å². The molecule has 1 N–H and O–H groups in total. The normalized spacial score (nSPS) is 11.8. The van der Waals surface area contributed by atoms with Crippen molar-refractivity contribution in [2.24, 2.45) is 0 Å². The maximum atomic E-state index is 8.62. The average molecular weight is 1470 g/mol. The maximum Gasteiger partial charge on any atom is 0.0701 e. The van der Waals surface area contributed by atoms with E-state index in [1.165, 1.54) is 141 Å². The zero-order chi connectivity index (χ0) is 72.0. The number of unbranched alkanes of at least 4 members (excludes halogenated alkanes) is 22. The first-order valence-corrected chi connectivity index (χ1v) is 39.5. The molecule has 0 spiro atoms. The van der Waals surface area contributed by atoms with Crippen LogP contribution in [0.25, 0.3) is 0 Å². The van der Waals surface area contributed by atoms with Crippen molar-refractivity contribution in [3.63, 3.8) is 0 Å². The van der Waals surface area contributed by atoms with E-state index < -0.39 is 0 Å². The zero-order valence-corrected chi connectivity index (χ0v) is 64.0. The monoisotopic (exact) mass is 1470 g/mol. The summed E-state index contributed by atoms with van der Waals surface area (Å²) in [5.74, 6) is 0. The third kappa shape index (κ3) is 99.0. The van der Waals surface area contributed by atoms with Crippen molar-refractivity contribution < 1.29 is 124 Å². The van der Waals surface area contributed by atoms with Gasteiger partial charge in [-0.25, -0.2) is 0 Å². The van der Waals surface area contributed by atoms with Gasteiger partial charge in [0.05, 0.1) is 330 Å². The predicted octanol–water partition coefficient (Wildman–Crippen LogP) is 9.39. The van der Waals surface area contributed by atoms with E-state index in [-0.39, 0.29) is 6.61 Å². The van der Waals surface area contributed by atoms with E-state index in [1.54, 1.807) is 0 Å². The lowest BCUT2D eigenvalue weighted by Crippen LogP contribution is -2.16. The van der Waals surface area contributed by atoms with Crippen molar-refractivity contribution in [3.05, 3.63) is 0 Å². The molecular formula is C75H152O26. The van der Waals surface area contributed by atoms with Gasteiger partial charge in [0.15, 0.2) is 0 Å². The first-order valence-electron chi connectivity index (χ1n) is 39.5. The molecule has 101 heavy (non-hydrogen) atoms. The second-order valence-electron chi connectivity index (χ2n) is 23.8. The molecule has 26 heteroatoms. The summed E-state index contributed by atoms with van der Waals surface area (Å²) >= 11 is 0. The van der Waals surface area contributed by atoms with Gasteiger partial charge < -0.3 is 124 Å². The van der Waals surface area contributed by atoms with E-state index in [1.807, 2.05) is 0 Å². The Bertz CT molecular complexity index is 1300. The molecule has 608 valence electrons. The predicted molar refractivity (Wildman–Crippen MR) is 389 cm³/mol. The lowest BCUT2D eigenvalue weighted by atomic mass is 10.0. The standard InChI is InChI=1S/C75H152O26/c1-2-3-4-5-6-7-8-9-10-11-12-13-14-15-16-17-18-19-20-21-22-23-24-26-77-28-30-79-32-34-81-36-38-83-40-42-85-44-46-87-48-50-89-52-54-91-56-58-93-60-62-95-64-66-97-68-70-99-72-74-101-75-73-100-71-69-98-67-65-96-63-61-94-59-57-92-55-53-90-51-49-88-47-45-86-43-41-84-39-37-82-35-33-80-31-29-78-27-25-76/h76H,2-75H2,1H3. The van der Waals surface area contributed by atoms with Crippen molar-refractivity contribution in [2.75, 3.05) is 337 Å². The minimum absolute atomic E-state index is 0.0181. The lowest BCUT2D eigenvalue weighted by Gasteiger charge is -2.09. The minimum Gasteiger partial charge on any atom is -0.394 e. The molecule has 0 radical (unpaired) electrons. The largest absolute Gasteiger partial charge is 0.394 e. The van der Waals surface area contributed by atoms with E-state index in [0.29, 0.717) is 324 Å². The Morgan fingerprint density at radius 3 is 0.307 bits per heavy atom. The SMILES string of the molecule is CCCCCCCCCCCCCCCCCCCCCCCCCOCCOCCOCCOCCOCCOCCOCCOCCOCCOCCOCCOCCOCCOCCOCCOCCOCCOCCOCCOCCOCCOCCOCCOCCOCCO. The van der Waals surface area contributed by atoms with Crippen LogP contribution in [0.3, 0.4) is 0 Å². The third-order valence-corrected chi connectivity index (χ3v) is 15.1. The lowest BCUT2D eigenvalue weighted by molar-refractivity contribution is -0.0321. The maximum absolute atomic E-state index is 8.62. The summed E-state index contributed by atoms with van der Waals surface area (Å²) in [4.78, 5) is 0. The van der Waals surface area contributed by atoms with Gasteiger partial charge in [0.2, 0.25) is 0 Å². The zero-order valence-electron chi connectivity index (χ0n) is 64.0. The summed E-state index contributed by atoms with van der Waals surface area (Å²) in [6.45, 7) is 27.5. The Morgan fingerprint density at radius 1 is 0.109 bits per heavy atom. The Hall–Kier alpha value is -1.04. The van der Waals surface area contributed by atoms with Crippen molar-refractivity contribution in [1.29, 1.82) is 0 Å². The van der Waals surface area contributed by atoms with Crippen LogP contribution in [0, 0.1) is 0 Å². The first-order chi connectivity index (χ1) is 50.4. The van der Waals surface area contributed by atoms with Crippen LogP contribution in [0.1, 0.15) is 155 Å². The highest BCUT2D eigenvalue weighted by atomic mass is 16.6. The van der Waals surface area contributed by atoms with Gasteiger partial charge in [0.25, 0.3) is 0 Å².